The molecule has 6 heteroatoms. The van der Waals surface area contributed by atoms with Gasteiger partial charge in [0, 0.05) is 6.20 Å². The van der Waals surface area contributed by atoms with Gasteiger partial charge in [-0.05, 0) is 28.1 Å². The number of alkyl halides is 2. The summed E-state index contributed by atoms with van der Waals surface area (Å²) in [5.41, 5.74) is -0.636. The zero-order chi connectivity index (χ0) is 10.1. The molecule has 0 aliphatic carbocycles. The van der Waals surface area contributed by atoms with E-state index in [1.165, 1.54) is 6.07 Å². The van der Waals surface area contributed by atoms with Gasteiger partial charge in [-0.15, -0.1) is 0 Å². The average Bonchev–Trinajstić information content (AvgIpc) is 2.04. The maximum Gasteiger partial charge on any atom is 0.379 e. The second-order valence-corrected chi connectivity index (χ2v) is 3.06. The van der Waals surface area contributed by atoms with E-state index < -0.39 is 17.5 Å². The van der Waals surface area contributed by atoms with Crippen molar-refractivity contribution in [3.05, 3.63) is 28.5 Å². The standard InChI is InChI=1S/C7H4BrF2NO2/c8-5-2-1-4(3-11-5)7(9,10)6(12)13/h1-3H,(H,12,13). The first kappa shape index (κ1) is 10.0. The van der Waals surface area contributed by atoms with Crippen molar-refractivity contribution in [2.45, 2.75) is 5.92 Å². The molecule has 0 aromatic carbocycles. The number of carbonyl (C=O) groups is 1. The van der Waals surface area contributed by atoms with E-state index in [-0.39, 0.29) is 0 Å². The van der Waals surface area contributed by atoms with Crippen LogP contribution in [0.25, 0.3) is 0 Å². The highest BCUT2D eigenvalue weighted by Crippen LogP contribution is 2.27. The number of rotatable bonds is 2. The van der Waals surface area contributed by atoms with Crippen LogP contribution < -0.4 is 0 Å². The molecular weight excluding hydrogens is 248 g/mol. The maximum absolute atomic E-state index is 12.8. The van der Waals surface area contributed by atoms with Crippen LogP contribution in [0.3, 0.4) is 0 Å². The van der Waals surface area contributed by atoms with Crippen LogP contribution in [0, 0.1) is 0 Å². The molecule has 13 heavy (non-hydrogen) atoms. The molecule has 0 fully saturated rings. The quantitative estimate of drug-likeness (QED) is 0.819. The Morgan fingerprint density at radius 2 is 2.15 bits per heavy atom. The monoisotopic (exact) mass is 251 g/mol. The van der Waals surface area contributed by atoms with Crippen LogP contribution in [-0.4, -0.2) is 16.1 Å². The van der Waals surface area contributed by atoms with Gasteiger partial charge < -0.3 is 5.11 Å². The number of carboxylic acids is 1. The lowest BCUT2D eigenvalue weighted by atomic mass is 10.1. The lowest BCUT2D eigenvalue weighted by molar-refractivity contribution is -0.166. The molecular formula is C7H4BrF2NO2. The second kappa shape index (κ2) is 3.37. The van der Waals surface area contributed by atoms with Crippen molar-refractivity contribution in [1.82, 2.24) is 4.98 Å². The summed E-state index contributed by atoms with van der Waals surface area (Å²) in [4.78, 5) is 13.6. The van der Waals surface area contributed by atoms with Crippen molar-refractivity contribution in [3.63, 3.8) is 0 Å². The molecule has 0 spiro atoms. The fourth-order valence-electron chi connectivity index (χ4n) is 0.685. The summed E-state index contributed by atoms with van der Waals surface area (Å²) < 4.78 is 25.9. The minimum atomic E-state index is -3.88. The van der Waals surface area contributed by atoms with Gasteiger partial charge in [-0.2, -0.15) is 8.78 Å². The topological polar surface area (TPSA) is 50.2 Å². The lowest BCUT2D eigenvalue weighted by Crippen LogP contribution is -2.25. The molecule has 0 saturated heterocycles. The SMILES string of the molecule is O=C(O)C(F)(F)c1ccc(Br)nc1. The van der Waals surface area contributed by atoms with E-state index in [2.05, 4.69) is 20.9 Å². The molecule has 3 nitrogen and oxygen atoms in total. The Bertz CT molecular complexity index is 326. The fourth-order valence-corrected chi connectivity index (χ4v) is 0.920. The minimum absolute atomic E-state index is 0.373. The van der Waals surface area contributed by atoms with Gasteiger partial charge in [0.2, 0.25) is 0 Å². The van der Waals surface area contributed by atoms with Crippen molar-refractivity contribution in [2.75, 3.05) is 0 Å². The van der Waals surface area contributed by atoms with Gasteiger partial charge in [-0.3, -0.25) is 0 Å². The molecule has 1 aromatic heterocycles. The summed E-state index contributed by atoms with van der Waals surface area (Å²) >= 11 is 2.95. The third-order valence-corrected chi connectivity index (χ3v) is 1.83. The zero-order valence-electron chi connectivity index (χ0n) is 6.17. The first-order chi connectivity index (χ1) is 5.94. The van der Waals surface area contributed by atoms with Crippen molar-refractivity contribution >= 4 is 21.9 Å². The average molecular weight is 252 g/mol. The molecule has 0 aliphatic rings. The Labute approximate surface area is 80.5 Å². The largest absolute Gasteiger partial charge is 0.477 e. The second-order valence-electron chi connectivity index (χ2n) is 2.25. The van der Waals surface area contributed by atoms with Gasteiger partial charge in [0.25, 0.3) is 0 Å². The third-order valence-electron chi connectivity index (χ3n) is 1.36. The molecule has 0 bridgehead atoms. The van der Waals surface area contributed by atoms with Crippen molar-refractivity contribution in [1.29, 1.82) is 0 Å². The first-order valence-corrected chi connectivity index (χ1v) is 3.97. The molecule has 0 atom stereocenters. The number of nitrogens with zero attached hydrogens (tertiary/aromatic N) is 1. The fraction of sp³-hybridized carbons (Fsp3) is 0.143. The Kier molecular flexibility index (Phi) is 2.60. The predicted molar refractivity (Wildman–Crippen MR) is 43.5 cm³/mol. The summed E-state index contributed by atoms with van der Waals surface area (Å²) in [6.07, 6.45) is 0.818. The van der Waals surface area contributed by atoms with Gasteiger partial charge >= 0.3 is 11.9 Å². The van der Waals surface area contributed by atoms with Crippen LogP contribution in [0.4, 0.5) is 8.78 Å². The molecule has 0 amide bonds. The van der Waals surface area contributed by atoms with Crippen LogP contribution in [0.15, 0.2) is 22.9 Å². The number of aliphatic carboxylic acids is 1. The van der Waals surface area contributed by atoms with Gasteiger partial charge in [0.1, 0.15) is 4.60 Å². The molecule has 1 aromatic rings. The normalized spacial score (nSPS) is 11.3. The Morgan fingerprint density at radius 3 is 2.54 bits per heavy atom. The van der Waals surface area contributed by atoms with E-state index in [1.54, 1.807) is 0 Å². The van der Waals surface area contributed by atoms with Crippen LogP contribution in [0.2, 0.25) is 0 Å². The highest BCUT2D eigenvalue weighted by atomic mass is 79.9. The predicted octanol–water partition coefficient (Wildman–Crippen LogP) is 2.02. The highest BCUT2D eigenvalue weighted by molar-refractivity contribution is 9.10. The summed E-state index contributed by atoms with van der Waals surface area (Å²) in [5.74, 6) is -6.06. The van der Waals surface area contributed by atoms with E-state index in [4.69, 9.17) is 5.11 Å². The van der Waals surface area contributed by atoms with Crippen molar-refractivity contribution in [2.24, 2.45) is 0 Å². The van der Waals surface area contributed by atoms with E-state index in [0.29, 0.717) is 4.60 Å². The number of aromatic nitrogens is 1. The molecule has 0 saturated carbocycles. The molecule has 1 rings (SSSR count). The number of pyridine rings is 1. The molecule has 0 unspecified atom stereocenters. The molecule has 0 aliphatic heterocycles. The summed E-state index contributed by atoms with van der Waals surface area (Å²) in [6, 6.07) is 2.26. The molecule has 0 radical (unpaired) electrons. The molecule has 1 heterocycles. The Balaban J connectivity index is 3.08. The number of hydrogen-bond acceptors (Lipinski definition) is 2. The van der Waals surface area contributed by atoms with E-state index >= 15 is 0 Å². The van der Waals surface area contributed by atoms with Gasteiger partial charge in [-0.1, -0.05) is 0 Å². The summed E-state index contributed by atoms with van der Waals surface area (Å²) in [5, 5.41) is 8.17. The maximum atomic E-state index is 12.8. The van der Waals surface area contributed by atoms with E-state index in [9.17, 15) is 13.6 Å². The van der Waals surface area contributed by atoms with Crippen molar-refractivity contribution < 1.29 is 18.7 Å². The first-order valence-electron chi connectivity index (χ1n) is 3.18. The van der Waals surface area contributed by atoms with Crippen LogP contribution in [0.1, 0.15) is 5.56 Å². The molecule has 1 N–H and O–H groups in total. The summed E-state index contributed by atoms with van der Waals surface area (Å²) in [6.45, 7) is 0. The van der Waals surface area contributed by atoms with Gasteiger partial charge in [0.15, 0.2) is 0 Å². The summed E-state index contributed by atoms with van der Waals surface area (Å²) in [7, 11) is 0. The Morgan fingerprint density at radius 1 is 1.54 bits per heavy atom. The van der Waals surface area contributed by atoms with Gasteiger partial charge in [-0.25, -0.2) is 9.78 Å². The van der Waals surface area contributed by atoms with E-state index in [0.717, 1.165) is 12.3 Å². The zero-order valence-corrected chi connectivity index (χ0v) is 7.75. The van der Waals surface area contributed by atoms with Crippen LogP contribution >= 0.6 is 15.9 Å². The van der Waals surface area contributed by atoms with Crippen molar-refractivity contribution in [3.8, 4) is 0 Å². The van der Waals surface area contributed by atoms with E-state index in [1.807, 2.05) is 0 Å². The lowest BCUT2D eigenvalue weighted by Gasteiger charge is -2.09. The van der Waals surface area contributed by atoms with Crippen LogP contribution in [0.5, 0.6) is 0 Å². The molecule has 70 valence electrons. The highest BCUT2D eigenvalue weighted by Gasteiger charge is 2.41. The Hall–Kier alpha value is -1.04. The van der Waals surface area contributed by atoms with Crippen LogP contribution in [-0.2, 0) is 10.7 Å². The minimum Gasteiger partial charge on any atom is -0.477 e. The number of halogens is 3. The smallest absolute Gasteiger partial charge is 0.379 e. The number of carboxylic acid groups (broad SMARTS) is 1. The number of hydrogen-bond donors (Lipinski definition) is 1. The van der Waals surface area contributed by atoms with Gasteiger partial charge in [0.05, 0.1) is 5.56 Å². The third kappa shape index (κ3) is 2.00.